The summed E-state index contributed by atoms with van der Waals surface area (Å²) in [5.41, 5.74) is 2.42. The summed E-state index contributed by atoms with van der Waals surface area (Å²) in [6, 6.07) is 13.1. The lowest BCUT2D eigenvalue weighted by atomic mass is 10.2. The summed E-state index contributed by atoms with van der Waals surface area (Å²) in [6.45, 7) is 0.145. The van der Waals surface area contributed by atoms with Gasteiger partial charge in [-0.2, -0.15) is 0 Å². The predicted octanol–water partition coefficient (Wildman–Crippen LogP) is 3.11. The molecule has 0 aliphatic rings. The third-order valence-electron chi connectivity index (χ3n) is 3.41. The van der Waals surface area contributed by atoms with Gasteiger partial charge in [-0.3, -0.25) is 0 Å². The molecule has 24 heavy (non-hydrogen) atoms. The Morgan fingerprint density at radius 1 is 1.08 bits per heavy atom. The Balaban J connectivity index is 1.82. The highest BCUT2D eigenvalue weighted by atomic mass is 31.2. The number of rotatable bonds is 6. The third-order valence-corrected chi connectivity index (χ3v) is 3.77. The minimum atomic E-state index is -2.34. The molecule has 1 aromatic heterocycles. The molecule has 0 atom stereocenters. The van der Waals surface area contributed by atoms with E-state index >= 15 is 0 Å². The van der Waals surface area contributed by atoms with Gasteiger partial charge in [-0.25, -0.2) is 9.97 Å². The van der Waals surface area contributed by atoms with Crippen molar-refractivity contribution in [3.05, 3.63) is 54.4 Å². The number of aromatic nitrogens is 2. The maximum absolute atomic E-state index is 8.77. The summed E-state index contributed by atoms with van der Waals surface area (Å²) in [7, 11) is -0.734. The summed E-state index contributed by atoms with van der Waals surface area (Å²) in [4.78, 5) is 26.1. The molecule has 1 heterocycles. The van der Waals surface area contributed by atoms with E-state index in [0.717, 1.165) is 22.2 Å². The first-order valence-electron chi connectivity index (χ1n) is 7.12. The van der Waals surface area contributed by atoms with Crippen LogP contribution in [0.3, 0.4) is 0 Å². The highest BCUT2D eigenvalue weighted by molar-refractivity contribution is 7.39. The SMILES string of the molecule is COc1cccc2c(Nc3ccc(COP(O)O)cc3)ncnc12. The van der Waals surface area contributed by atoms with Crippen molar-refractivity contribution in [2.45, 2.75) is 6.61 Å². The average Bonchev–Trinajstić information content (AvgIpc) is 2.61. The summed E-state index contributed by atoms with van der Waals surface area (Å²) < 4.78 is 10.1. The maximum atomic E-state index is 8.77. The van der Waals surface area contributed by atoms with E-state index in [4.69, 9.17) is 19.0 Å². The van der Waals surface area contributed by atoms with Crippen molar-refractivity contribution in [3.63, 3.8) is 0 Å². The van der Waals surface area contributed by atoms with E-state index < -0.39 is 8.60 Å². The van der Waals surface area contributed by atoms with Crippen molar-refractivity contribution in [1.82, 2.24) is 9.97 Å². The molecule has 3 aromatic rings. The quantitative estimate of drug-likeness (QED) is 0.591. The number of ether oxygens (including phenoxy) is 1. The van der Waals surface area contributed by atoms with Crippen molar-refractivity contribution in [2.75, 3.05) is 12.4 Å². The summed E-state index contributed by atoms with van der Waals surface area (Å²) in [5, 5.41) is 4.11. The summed E-state index contributed by atoms with van der Waals surface area (Å²) >= 11 is 0. The smallest absolute Gasteiger partial charge is 0.327 e. The van der Waals surface area contributed by atoms with Crippen LogP contribution in [0, 0.1) is 0 Å². The minimum Gasteiger partial charge on any atom is -0.494 e. The second kappa shape index (κ2) is 7.51. The zero-order valence-electron chi connectivity index (χ0n) is 12.9. The molecule has 0 aliphatic carbocycles. The van der Waals surface area contributed by atoms with Crippen LogP contribution >= 0.6 is 8.60 Å². The fourth-order valence-corrected chi connectivity index (χ4v) is 2.54. The number of benzene rings is 2. The zero-order valence-corrected chi connectivity index (χ0v) is 13.8. The van der Waals surface area contributed by atoms with Gasteiger partial charge in [0.1, 0.15) is 23.4 Å². The predicted molar refractivity (Wildman–Crippen MR) is 92.0 cm³/mol. The molecule has 0 spiro atoms. The van der Waals surface area contributed by atoms with Crippen LogP contribution in [0.4, 0.5) is 11.5 Å². The molecule has 2 aromatic carbocycles. The largest absolute Gasteiger partial charge is 0.494 e. The lowest BCUT2D eigenvalue weighted by molar-refractivity contribution is 0.246. The van der Waals surface area contributed by atoms with E-state index in [1.54, 1.807) is 7.11 Å². The Bertz CT molecular complexity index is 827. The van der Waals surface area contributed by atoms with Crippen LogP contribution < -0.4 is 10.1 Å². The van der Waals surface area contributed by atoms with Crippen LogP contribution in [0.25, 0.3) is 10.9 Å². The molecule has 0 fully saturated rings. The highest BCUT2D eigenvalue weighted by Crippen LogP contribution is 2.29. The standard InChI is InChI=1S/C16H16N3O4P/c1-22-14-4-2-3-13-15(14)17-10-18-16(13)19-12-7-5-11(6-8-12)9-23-24(20)21/h2-8,10,20-21H,9H2,1H3,(H,17,18,19). The lowest BCUT2D eigenvalue weighted by Gasteiger charge is -2.11. The Morgan fingerprint density at radius 2 is 1.88 bits per heavy atom. The van der Waals surface area contributed by atoms with Gasteiger partial charge in [0, 0.05) is 11.1 Å². The van der Waals surface area contributed by atoms with E-state index in [9.17, 15) is 0 Å². The van der Waals surface area contributed by atoms with E-state index in [0.29, 0.717) is 11.6 Å². The first-order valence-corrected chi connectivity index (χ1v) is 8.28. The van der Waals surface area contributed by atoms with Gasteiger partial charge in [0.15, 0.2) is 0 Å². The van der Waals surface area contributed by atoms with Crippen LogP contribution in [0.2, 0.25) is 0 Å². The topological polar surface area (TPSA) is 96.7 Å². The molecule has 0 saturated heterocycles. The number of hydrogen-bond donors (Lipinski definition) is 3. The molecular formula is C16H16N3O4P. The molecule has 0 radical (unpaired) electrons. The number of anilines is 2. The van der Waals surface area contributed by atoms with Gasteiger partial charge in [0.25, 0.3) is 0 Å². The van der Waals surface area contributed by atoms with Gasteiger partial charge in [-0.05, 0) is 29.8 Å². The molecule has 0 bridgehead atoms. The molecule has 0 unspecified atom stereocenters. The number of fused-ring (bicyclic) bond motifs is 1. The molecule has 3 N–H and O–H groups in total. The second-order valence-corrected chi connectivity index (χ2v) is 5.69. The van der Waals surface area contributed by atoms with Gasteiger partial charge in [0.05, 0.1) is 13.7 Å². The van der Waals surface area contributed by atoms with Crippen molar-refractivity contribution < 1.29 is 19.0 Å². The van der Waals surface area contributed by atoms with Gasteiger partial charge in [-0.1, -0.05) is 18.2 Å². The molecule has 124 valence electrons. The summed E-state index contributed by atoms with van der Waals surface area (Å²) in [5.74, 6) is 1.37. The molecule has 0 aliphatic heterocycles. The normalized spacial score (nSPS) is 11.0. The van der Waals surface area contributed by atoms with Crippen LogP contribution in [0.15, 0.2) is 48.8 Å². The van der Waals surface area contributed by atoms with Crippen molar-refractivity contribution in [1.29, 1.82) is 0 Å². The van der Waals surface area contributed by atoms with E-state index in [1.807, 2.05) is 42.5 Å². The van der Waals surface area contributed by atoms with Crippen LogP contribution in [0.1, 0.15) is 5.56 Å². The van der Waals surface area contributed by atoms with Gasteiger partial charge in [-0.15, -0.1) is 0 Å². The van der Waals surface area contributed by atoms with Crippen molar-refractivity contribution in [2.24, 2.45) is 0 Å². The Kier molecular flexibility index (Phi) is 5.17. The maximum Gasteiger partial charge on any atom is 0.327 e. The van der Waals surface area contributed by atoms with Crippen LogP contribution in [0.5, 0.6) is 5.75 Å². The number of para-hydroxylation sites is 1. The van der Waals surface area contributed by atoms with E-state index in [2.05, 4.69) is 15.3 Å². The Hall–Kier alpha value is -2.31. The first kappa shape index (κ1) is 16.5. The fourth-order valence-electron chi connectivity index (χ4n) is 2.28. The van der Waals surface area contributed by atoms with E-state index in [-0.39, 0.29) is 6.61 Å². The van der Waals surface area contributed by atoms with Gasteiger partial charge < -0.3 is 24.4 Å². The van der Waals surface area contributed by atoms with Gasteiger partial charge >= 0.3 is 8.60 Å². The highest BCUT2D eigenvalue weighted by Gasteiger charge is 2.08. The number of nitrogens with zero attached hydrogens (tertiary/aromatic N) is 2. The first-order chi connectivity index (χ1) is 11.7. The third kappa shape index (κ3) is 3.77. The van der Waals surface area contributed by atoms with Crippen molar-refractivity contribution in [3.8, 4) is 5.75 Å². The minimum absolute atomic E-state index is 0.145. The number of methoxy groups -OCH3 is 1. The molecule has 0 saturated carbocycles. The van der Waals surface area contributed by atoms with E-state index in [1.165, 1.54) is 6.33 Å². The van der Waals surface area contributed by atoms with Crippen LogP contribution in [-0.2, 0) is 11.1 Å². The number of hydrogen-bond acceptors (Lipinski definition) is 7. The Labute approximate surface area is 139 Å². The lowest BCUT2D eigenvalue weighted by Crippen LogP contribution is -1.97. The fraction of sp³-hybridized carbons (Fsp3) is 0.125. The molecular weight excluding hydrogens is 329 g/mol. The van der Waals surface area contributed by atoms with Crippen LogP contribution in [-0.4, -0.2) is 26.9 Å². The molecule has 8 heteroatoms. The monoisotopic (exact) mass is 345 g/mol. The van der Waals surface area contributed by atoms with Gasteiger partial charge in [0.2, 0.25) is 0 Å². The molecule has 7 nitrogen and oxygen atoms in total. The zero-order chi connectivity index (χ0) is 16.9. The average molecular weight is 345 g/mol. The molecule has 3 rings (SSSR count). The summed E-state index contributed by atoms with van der Waals surface area (Å²) in [6.07, 6.45) is 1.49. The Morgan fingerprint density at radius 3 is 2.58 bits per heavy atom. The second-order valence-electron chi connectivity index (χ2n) is 4.93. The van der Waals surface area contributed by atoms with Crippen molar-refractivity contribution >= 4 is 31.0 Å². The number of nitrogens with one attached hydrogen (secondary N) is 1. The molecule has 0 amide bonds.